The van der Waals surface area contributed by atoms with Crippen LogP contribution in [0.3, 0.4) is 0 Å². The van der Waals surface area contributed by atoms with E-state index in [9.17, 15) is 0 Å². The Balaban J connectivity index is 1.85. The highest BCUT2D eigenvalue weighted by Crippen LogP contribution is 2.35. The van der Waals surface area contributed by atoms with Crippen molar-refractivity contribution in [2.24, 2.45) is 11.8 Å². The van der Waals surface area contributed by atoms with E-state index in [1.165, 1.54) is 30.6 Å². The molecule has 1 aromatic rings. The maximum absolute atomic E-state index is 6.15. The summed E-state index contributed by atoms with van der Waals surface area (Å²) in [6.07, 6.45) is 4.10. The molecule has 3 atom stereocenters. The number of hydrogen-bond acceptors (Lipinski definition) is 2. The van der Waals surface area contributed by atoms with E-state index < -0.39 is 0 Å². The molecule has 0 amide bonds. The SMILES string of the molecule is CC1CCC(CNC(C)c2cc(Cl)sc2Cl)C1. The molecule has 1 saturated carbocycles. The second-order valence-corrected chi connectivity index (χ2v) is 7.48. The molecule has 96 valence electrons. The quantitative estimate of drug-likeness (QED) is 0.810. The van der Waals surface area contributed by atoms with Crippen molar-refractivity contribution in [1.29, 1.82) is 0 Å². The van der Waals surface area contributed by atoms with Gasteiger partial charge in [-0.25, -0.2) is 0 Å². The number of hydrogen-bond donors (Lipinski definition) is 1. The maximum Gasteiger partial charge on any atom is 0.0991 e. The average Bonchev–Trinajstić information content (AvgIpc) is 2.81. The van der Waals surface area contributed by atoms with Gasteiger partial charge in [-0.15, -0.1) is 11.3 Å². The highest BCUT2D eigenvalue weighted by atomic mass is 35.5. The van der Waals surface area contributed by atoms with E-state index in [4.69, 9.17) is 23.2 Å². The van der Waals surface area contributed by atoms with Crippen molar-refractivity contribution in [1.82, 2.24) is 5.32 Å². The van der Waals surface area contributed by atoms with E-state index in [2.05, 4.69) is 19.2 Å². The van der Waals surface area contributed by atoms with Crippen LogP contribution in [0.15, 0.2) is 6.07 Å². The summed E-state index contributed by atoms with van der Waals surface area (Å²) >= 11 is 13.6. The van der Waals surface area contributed by atoms with Crippen molar-refractivity contribution in [2.75, 3.05) is 6.54 Å². The van der Waals surface area contributed by atoms with Crippen LogP contribution in [0.25, 0.3) is 0 Å². The summed E-state index contributed by atoms with van der Waals surface area (Å²) in [5.41, 5.74) is 1.13. The van der Waals surface area contributed by atoms with Crippen LogP contribution in [-0.2, 0) is 0 Å². The maximum atomic E-state index is 6.15. The first kappa shape index (κ1) is 13.7. The Hall–Kier alpha value is 0.240. The number of nitrogens with one attached hydrogen (secondary N) is 1. The minimum absolute atomic E-state index is 0.294. The van der Waals surface area contributed by atoms with Gasteiger partial charge in [-0.3, -0.25) is 0 Å². The Labute approximate surface area is 118 Å². The molecule has 0 aromatic carbocycles. The van der Waals surface area contributed by atoms with Crippen molar-refractivity contribution in [3.05, 3.63) is 20.3 Å². The molecule has 0 saturated heterocycles. The van der Waals surface area contributed by atoms with Gasteiger partial charge in [0.1, 0.15) is 0 Å². The molecule has 0 bridgehead atoms. The van der Waals surface area contributed by atoms with Crippen molar-refractivity contribution >= 4 is 34.5 Å². The summed E-state index contributed by atoms with van der Waals surface area (Å²) in [4.78, 5) is 0. The van der Waals surface area contributed by atoms with E-state index in [-0.39, 0.29) is 0 Å². The summed E-state index contributed by atoms with van der Waals surface area (Å²) in [5, 5.41) is 3.58. The molecular weight excluding hydrogens is 273 g/mol. The van der Waals surface area contributed by atoms with Gasteiger partial charge in [0, 0.05) is 6.04 Å². The molecule has 0 radical (unpaired) electrons. The number of thiophene rings is 1. The Morgan fingerprint density at radius 3 is 2.76 bits per heavy atom. The van der Waals surface area contributed by atoms with Gasteiger partial charge in [0.2, 0.25) is 0 Å². The third-order valence-corrected chi connectivity index (χ3v) is 5.18. The van der Waals surface area contributed by atoms with Crippen LogP contribution in [0, 0.1) is 11.8 Å². The monoisotopic (exact) mass is 291 g/mol. The van der Waals surface area contributed by atoms with E-state index in [0.717, 1.165) is 32.6 Å². The lowest BCUT2D eigenvalue weighted by Crippen LogP contribution is -2.24. The van der Waals surface area contributed by atoms with Crippen LogP contribution in [0.4, 0.5) is 0 Å². The van der Waals surface area contributed by atoms with Crippen molar-refractivity contribution in [2.45, 2.75) is 39.2 Å². The predicted molar refractivity (Wildman–Crippen MR) is 77.3 cm³/mol. The second-order valence-electron chi connectivity index (χ2n) is 5.19. The molecule has 0 spiro atoms. The molecule has 1 N–H and O–H groups in total. The van der Waals surface area contributed by atoms with Gasteiger partial charge in [-0.05, 0) is 49.8 Å². The molecule has 3 unspecified atom stereocenters. The molecule has 1 heterocycles. The number of halogens is 2. The Bertz CT molecular complexity index is 377. The summed E-state index contributed by atoms with van der Waals surface area (Å²) in [6, 6.07) is 2.27. The predicted octanol–water partition coefficient (Wildman–Crippen LogP) is 5.14. The Morgan fingerprint density at radius 1 is 1.47 bits per heavy atom. The molecule has 17 heavy (non-hydrogen) atoms. The molecule has 1 fully saturated rings. The van der Waals surface area contributed by atoms with Gasteiger partial charge in [-0.2, -0.15) is 0 Å². The fraction of sp³-hybridized carbons (Fsp3) is 0.692. The first-order chi connectivity index (χ1) is 8.06. The van der Waals surface area contributed by atoms with Crippen LogP contribution >= 0.6 is 34.5 Å². The highest BCUT2D eigenvalue weighted by Gasteiger charge is 2.22. The smallest absolute Gasteiger partial charge is 0.0991 e. The lowest BCUT2D eigenvalue weighted by atomic mass is 10.1. The molecule has 0 aliphatic heterocycles. The minimum atomic E-state index is 0.294. The highest BCUT2D eigenvalue weighted by molar-refractivity contribution is 7.20. The van der Waals surface area contributed by atoms with Gasteiger partial charge < -0.3 is 5.32 Å². The summed E-state index contributed by atoms with van der Waals surface area (Å²) < 4.78 is 1.59. The second kappa shape index (κ2) is 5.92. The average molecular weight is 292 g/mol. The van der Waals surface area contributed by atoms with Gasteiger partial charge in [0.25, 0.3) is 0 Å². The van der Waals surface area contributed by atoms with E-state index in [1.54, 1.807) is 0 Å². The van der Waals surface area contributed by atoms with Gasteiger partial charge in [0.05, 0.1) is 8.67 Å². The zero-order chi connectivity index (χ0) is 12.4. The van der Waals surface area contributed by atoms with Crippen LogP contribution in [0.1, 0.15) is 44.7 Å². The van der Waals surface area contributed by atoms with E-state index >= 15 is 0 Å². The topological polar surface area (TPSA) is 12.0 Å². The van der Waals surface area contributed by atoms with Crippen LogP contribution in [0.2, 0.25) is 8.67 Å². The fourth-order valence-electron chi connectivity index (χ4n) is 2.61. The van der Waals surface area contributed by atoms with Crippen molar-refractivity contribution < 1.29 is 0 Å². The van der Waals surface area contributed by atoms with Crippen LogP contribution < -0.4 is 5.32 Å². The first-order valence-corrected chi connectivity index (χ1v) is 7.81. The molecule has 4 heteroatoms. The Kier molecular flexibility index (Phi) is 4.76. The largest absolute Gasteiger partial charge is 0.310 e. The first-order valence-electron chi connectivity index (χ1n) is 6.24. The van der Waals surface area contributed by atoms with Gasteiger partial charge >= 0.3 is 0 Å². The van der Waals surface area contributed by atoms with E-state index in [0.29, 0.717) is 6.04 Å². The van der Waals surface area contributed by atoms with Crippen molar-refractivity contribution in [3.8, 4) is 0 Å². The van der Waals surface area contributed by atoms with E-state index in [1.807, 2.05) is 6.07 Å². The molecule has 1 aliphatic rings. The summed E-state index contributed by atoms with van der Waals surface area (Å²) in [5.74, 6) is 1.73. The number of rotatable bonds is 4. The third kappa shape index (κ3) is 3.60. The lowest BCUT2D eigenvalue weighted by molar-refractivity contribution is 0.440. The molecule has 1 nitrogen and oxygen atoms in total. The zero-order valence-corrected chi connectivity index (χ0v) is 12.6. The summed E-state index contributed by atoms with van der Waals surface area (Å²) in [7, 11) is 0. The normalized spacial score (nSPS) is 26.4. The fourth-order valence-corrected chi connectivity index (χ4v) is 4.26. The molecule has 1 aliphatic carbocycles. The minimum Gasteiger partial charge on any atom is -0.310 e. The third-order valence-electron chi connectivity index (χ3n) is 3.67. The van der Waals surface area contributed by atoms with Crippen LogP contribution in [0.5, 0.6) is 0 Å². The van der Waals surface area contributed by atoms with Gasteiger partial charge in [-0.1, -0.05) is 36.5 Å². The standard InChI is InChI=1S/C13H19Cl2NS/c1-8-3-4-10(5-8)7-16-9(2)11-6-12(14)17-13(11)15/h6,8-10,16H,3-5,7H2,1-2H3. The lowest BCUT2D eigenvalue weighted by Gasteiger charge is -2.17. The van der Waals surface area contributed by atoms with Gasteiger partial charge in [0.15, 0.2) is 0 Å². The molecule has 2 rings (SSSR count). The molecule has 1 aromatic heterocycles. The van der Waals surface area contributed by atoms with Crippen LogP contribution in [-0.4, -0.2) is 6.54 Å². The zero-order valence-electron chi connectivity index (χ0n) is 10.3. The van der Waals surface area contributed by atoms with Crippen molar-refractivity contribution in [3.63, 3.8) is 0 Å². The Morgan fingerprint density at radius 2 is 2.24 bits per heavy atom. The molecular formula is C13H19Cl2NS. The summed E-state index contributed by atoms with van der Waals surface area (Å²) in [6.45, 7) is 5.59.